The van der Waals surface area contributed by atoms with E-state index < -0.39 is 0 Å². The quantitative estimate of drug-likeness (QED) is 0.215. The van der Waals surface area contributed by atoms with Crippen molar-refractivity contribution in [3.8, 4) is 11.5 Å². The average molecular weight is 559 g/mol. The second-order valence-electron chi connectivity index (χ2n) is 10.4. The van der Waals surface area contributed by atoms with Crippen LogP contribution >= 0.6 is 11.3 Å². The minimum Gasteiger partial charge on any atom is -0.456 e. The fraction of sp³-hybridized carbons (Fsp3) is 0. The third kappa shape index (κ3) is 3.57. The molecule has 0 atom stereocenters. The van der Waals surface area contributed by atoms with Crippen molar-refractivity contribution >= 4 is 81.6 Å². The molecule has 0 aliphatic heterocycles. The number of oxazole rings is 1. The van der Waals surface area contributed by atoms with E-state index in [1.54, 1.807) is 11.3 Å². The van der Waals surface area contributed by atoms with Gasteiger partial charge in [-0.15, -0.1) is 11.3 Å². The summed E-state index contributed by atoms with van der Waals surface area (Å²) >= 11 is 1.79. The van der Waals surface area contributed by atoms with Gasteiger partial charge in [0.05, 0.1) is 0 Å². The standard InChI is InChI=1S/C37H22N2O2S/c1-2-9-23(10-3-1)39(24-17-19-27-26-11-4-6-14-31(26)40-33(27)21-24)25-18-20-28-35(22-25)42-34-16-8-12-29(36(28)34)37-38-30-13-5-7-15-32(30)41-37/h1-22H. The normalized spacial score (nSPS) is 11.8. The number of rotatable bonds is 4. The first-order valence-corrected chi connectivity index (χ1v) is 14.7. The predicted octanol–water partition coefficient (Wildman–Crippen LogP) is 11.2. The zero-order chi connectivity index (χ0) is 27.6. The minimum atomic E-state index is 0.649. The molecule has 0 unspecified atom stereocenters. The zero-order valence-electron chi connectivity index (χ0n) is 22.3. The summed E-state index contributed by atoms with van der Waals surface area (Å²) in [5, 5.41) is 4.61. The monoisotopic (exact) mass is 558 g/mol. The minimum absolute atomic E-state index is 0.649. The van der Waals surface area contributed by atoms with Crippen LogP contribution < -0.4 is 4.90 Å². The van der Waals surface area contributed by atoms with Crippen molar-refractivity contribution in [2.45, 2.75) is 0 Å². The first kappa shape index (κ1) is 23.3. The molecule has 0 N–H and O–H groups in total. The number of thiophene rings is 1. The molecule has 0 amide bonds. The van der Waals surface area contributed by atoms with Crippen molar-refractivity contribution in [1.82, 2.24) is 4.98 Å². The number of hydrogen-bond acceptors (Lipinski definition) is 5. The molecule has 3 aromatic heterocycles. The first-order chi connectivity index (χ1) is 20.8. The molecule has 0 radical (unpaired) electrons. The molecule has 0 saturated heterocycles. The van der Waals surface area contributed by atoms with Gasteiger partial charge in [0.15, 0.2) is 5.58 Å². The number of furan rings is 1. The van der Waals surface area contributed by atoms with Crippen LogP contribution in [0.4, 0.5) is 17.1 Å². The molecule has 9 aromatic rings. The van der Waals surface area contributed by atoms with Crippen molar-refractivity contribution in [3.63, 3.8) is 0 Å². The first-order valence-electron chi connectivity index (χ1n) is 13.9. The number of fused-ring (bicyclic) bond motifs is 7. The summed E-state index contributed by atoms with van der Waals surface area (Å²) in [6.45, 7) is 0. The van der Waals surface area contributed by atoms with Gasteiger partial charge in [0.25, 0.3) is 0 Å². The van der Waals surface area contributed by atoms with Gasteiger partial charge in [0.2, 0.25) is 5.89 Å². The smallest absolute Gasteiger partial charge is 0.227 e. The van der Waals surface area contributed by atoms with E-state index in [0.717, 1.165) is 55.7 Å². The molecule has 3 heterocycles. The second-order valence-corrected chi connectivity index (χ2v) is 11.5. The highest BCUT2D eigenvalue weighted by molar-refractivity contribution is 7.26. The van der Waals surface area contributed by atoms with Crippen LogP contribution in [0, 0.1) is 0 Å². The lowest BCUT2D eigenvalue weighted by molar-refractivity contribution is 0.620. The lowest BCUT2D eigenvalue weighted by Gasteiger charge is -2.25. The number of benzene rings is 6. The molecule has 0 bridgehead atoms. The predicted molar refractivity (Wildman–Crippen MR) is 174 cm³/mol. The summed E-state index contributed by atoms with van der Waals surface area (Å²) in [6, 6.07) is 46.2. The van der Waals surface area contributed by atoms with Gasteiger partial charge in [0.1, 0.15) is 16.7 Å². The highest BCUT2D eigenvalue weighted by Gasteiger charge is 2.19. The van der Waals surface area contributed by atoms with Crippen molar-refractivity contribution in [2.24, 2.45) is 0 Å². The van der Waals surface area contributed by atoms with Crippen LogP contribution in [0.3, 0.4) is 0 Å². The highest BCUT2D eigenvalue weighted by atomic mass is 32.1. The summed E-state index contributed by atoms with van der Waals surface area (Å²) < 4.78 is 14.9. The molecular formula is C37H22N2O2S. The molecule has 0 fully saturated rings. The van der Waals surface area contributed by atoms with Gasteiger partial charge >= 0.3 is 0 Å². The molecule has 0 saturated carbocycles. The van der Waals surface area contributed by atoms with Gasteiger partial charge in [-0.25, -0.2) is 4.98 Å². The molecular weight excluding hydrogens is 536 g/mol. The van der Waals surface area contributed by atoms with Crippen LogP contribution in [0.25, 0.3) is 64.7 Å². The molecule has 4 nitrogen and oxygen atoms in total. The molecule has 6 aromatic carbocycles. The molecule has 42 heavy (non-hydrogen) atoms. The summed E-state index contributed by atoms with van der Waals surface area (Å²) in [7, 11) is 0. The van der Waals surface area contributed by atoms with Crippen LogP contribution in [0.2, 0.25) is 0 Å². The van der Waals surface area contributed by atoms with E-state index in [4.69, 9.17) is 13.8 Å². The summed E-state index contributed by atoms with van der Waals surface area (Å²) in [5.41, 5.74) is 7.66. The largest absolute Gasteiger partial charge is 0.456 e. The van der Waals surface area contributed by atoms with Crippen LogP contribution in [-0.4, -0.2) is 4.98 Å². The van der Waals surface area contributed by atoms with Crippen molar-refractivity contribution in [2.75, 3.05) is 4.90 Å². The Bertz CT molecular complexity index is 2400. The van der Waals surface area contributed by atoms with E-state index in [1.165, 1.54) is 20.2 Å². The second kappa shape index (κ2) is 9.06. The number of aromatic nitrogens is 1. The lowest BCUT2D eigenvalue weighted by atomic mass is 10.1. The Morgan fingerprint density at radius 1 is 0.500 bits per heavy atom. The molecule has 9 rings (SSSR count). The Kier molecular flexibility index (Phi) is 5.03. The van der Waals surface area contributed by atoms with Gasteiger partial charge in [-0.1, -0.05) is 60.7 Å². The van der Waals surface area contributed by atoms with Gasteiger partial charge in [-0.05, 0) is 66.7 Å². The Hall–Kier alpha value is -5.39. The topological polar surface area (TPSA) is 42.4 Å². The number of para-hydroxylation sites is 4. The summed E-state index contributed by atoms with van der Waals surface area (Å²) in [4.78, 5) is 7.10. The van der Waals surface area contributed by atoms with Gasteiger partial charge in [-0.3, -0.25) is 0 Å². The third-order valence-corrected chi connectivity index (χ3v) is 9.02. The van der Waals surface area contributed by atoms with Crippen LogP contribution in [0.1, 0.15) is 0 Å². The van der Waals surface area contributed by atoms with E-state index in [1.807, 2.05) is 42.5 Å². The van der Waals surface area contributed by atoms with Gasteiger partial charge in [0, 0.05) is 59.6 Å². The van der Waals surface area contributed by atoms with Gasteiger partial charge < -0.3 is 13.7 Å². The van der Waals surface area contributed by atoms with E-state index in [0.29, 0.717) is 5.89 Å². The van der Waals surface area contributed by atoms with E-state index in [9.17, 15) is 0 Å². The zero-order valence-corrected chi connectivity index (χ0v) is 23.1. The molecule has 0 spiro atoms. The summed E-state index contributed by atoms with van der Waals surface area (Å²) in [6.07, 6.45) is 0. The Balaban J connectivity index is 1.22. The Morgan fingerprint density at radius 3 is 2.12 bits per heavy atom. The average Bonchev–Trinajstić information content (AvgIpc) is 3.74. The maximum absolute atomic E-state index is 6.26. The molecule has 0 aliphatic rings. The Morgan fingerprint density at radius 2 is 1.24 bits per heavy atom. The van der Waals surface area contributed by atoms with E-state index >= 15 is 0 Å². The third-order valence-electron chi connectivity index (χ3n) is 7.90. The molecule has 0 aliphatic carbocycles. The molecule has 198 valence electrons. The molecule has 5 heteroatoms. The van der Waals surface area contributed by atoms with E-state index in [2.05, 4.69) is 95.9 Å². The fourth-order valence-electron chi connectivity index (χ4n) is 6.00. The van der Waals surface area contributed by atoms with Crippen LogP contribution in [0.5, 0.6) is 0 Å². The van der Waals surface area contributed by atoms with Crippen molar-refractivity contribution < 1.29 is 8.83 Å². The van der Waals surface area contributed by atoms with Gasteiger partial charge in [-0.2, -0.15) is 0 Å². The van der Waals surface area contributed by atoms with E-state index in [-0.39, 0.29) is 0 Å². The van der Waals surface area contributed by atoms with Crippen LogP contribution in [0.15, 0.2) is 142 Å². The SMILES string of the molecule is c1ccc(N(c2ccc3c(c2)oc2ccccc23)c2ccc3c(c2)sc2cccc(-c4nc5ccccc5o4)c23)cc1. The highest BCUT2D eigenvalue weighted by Crippen LogP contribution is 2.44. The van der Waals surface area contributed by atoms with Crippen LogP contribution in [-0.2, 0) is 0 Å². The van der Waals surface area contributed by atoms with Crippen molar-refractivity contribution in [1.29, 1.82) is 0 Å². The lowest BCUT2D eigenvalue weighted by Crippen LogP contribution is -2.09. The number of nitrogens with zero attached hydrogens (tertiary/aromatic N) is 2. The fourth-order valence-corrected chi connectivity index (χ4v) is 7.16. The maximum atomic E-state index is 6.26. The maximum Gasteiger partial charge on any atom is 0.227 e. The Labute approximate surface area is 244 Å². The van der Waals surface area contributed by atoms with Crippen molar-refractivity contribution in [3.05, 3.63) is 133 Å². The number of anilines is 3. The number of hydrogen-bond donors (Lipinski definition) is 0. The summed E-state index contributed by atoms with van der Waals surface area (Å²) in [5.74, 6) is 0.649.